The van der Waals surface area contributed by atoms with Crippen molar-refractivity contribution in [3.8, 4) is 5.75 Å². The van der Waals surface area contributed by atoms with Crippen LogP contribution < -0.4 is 10.1 Å². The molecular formula is C25H29N3O3S. The maximum atomic E-state index is 13.7. The predicted octanol–water partition coefficient (Wildman–Crippen LogP) is 4.58. The highest BCUT2D eigenvalue weighted by molar-refractivity contribution is 7.17. The maximum absolute atomic E-state index is 13.7. The first-order valence-electron chi connectivity index (χ1n) is 11.3. The summed E-state index contributed by atoms with van der Waals surface area (Å²) in [7, 11) is 1.63. The van der Waals surface area contributed by atoms with Gasteiger partial charge in [0.05, 0.1) is 23.9 Å². The van der Waals surface area contributed by atoms with Gasteiger partial charge in [-0.3, -0.25) is 9.59 Å². The number of amides is 2. The number of carbonyl (C=O) groups excluding carboxylic acids is 2. The van der Waals surface area contributed by atoms with Gasteiger partial charge in [0.15, 0.2) is 0 Å². The summed E-state index contributed by atoms with van der Waals surface area (Å²) in [6.07, 6.45) is 5.55. The summed E-state index contributed by atoms with van der Waals surface area (Å²) in [5, 5.41) is 5.32. The number of nitrogens with one attached hydrogen (secondary N) is 1. The number of methoxy groups -OCH3 is 1. The van der Waals surface area contributed by atoms with E-state index in [0.29, 0.717) is 18.8 Å². The topological polar surface area (TPSA) is 63.6 Å². The minimum absolute atomic E-state index is 0.0611. The molecule has 1 aliphatic carbocycles. The summed E-state index contributed by atoms with van der Waals surface area (Å²) in [4.78, 5) is 29.2. The molecule has 2 amide bonds. The highest BCUT2D eigenvalue weighted by Gasteiger charge is 2.48. The second-order valence-electron chi connectivity index (χ2n) is 9.11. The van der Waals surface area contributed by atoms with Crippen molar-refractivity contribution in [2.24, 2.45) is 0 Å². The molecule has 2 aliphatic rings. The van der Waals surface area contributed by atoms with Gasteiger partial charge in [0.1, 0.15) is 17.0 Å². The number of aromatic nitrogens is 1. The van der Waals surface area contributed by atoms with Gasteiger partial charge in [0.25, 0.3) is 5.91 Å². The molecule has 1 atom stereocenters. The highest BCUT2D eigenvalue weighted by atomic mass is 32.1. The van der Waals surface area contributed by atoms with Crippen molar-refractivity contribution in [3.63, 3.8) is 0 Å². The molecule has 0 radical (unpaired) electrons. The summed E-state index contributed by atoms with van der Waals surface area (Å²) >= 11 is 1.62. The molecule has 3 aromatic rings. The van der Waals surface area contributed by atoms with E-state index in [9.17, 15) is 9.59 Å². The Morgan fingerprint density at radius 1 is 1.19 bits per heavy atom. The summed E-state index contributed by atoms with van der Waals surface area (Å²) in [5.74, 6) is 0.608. The maximum Gasteiger partial charge on any atom is 0.271 e. The Balaban J connectivity index is 1.51. The van der Waals surface area contributed by atoms with E-state index in [0.717, 1.165) is 47.2 Å². The molecule has 1 saturated carbocycles. The van der Waals surface area contributed by atoms with E-state index >= 15 is 0 Å². The predicted molar refractivity (Wildman–Crippen MR) is 126 cm³/mol. The van der Waals surface area contributed by atoms with E-state index in [-0.39, 0.29) is 17.9 Å². The van der Waals surface area contributed by atoms with Gasteiger partial charge in [-0.2, -0.15) is 0 Å². The molecule has 0 bridgehead atoms. The molecule has 1 aromatic carbocycles. The third-order valence-corrected chi connectivity index (χ3v) is 7.83. The van der Waals surface area contributed by atoms with Gasteiger partial charge in [0, 0.05) is 12.6 Å². The van der Waals surface area contributed by atoms with Gasteiger partial charge >= 0.3 is 0 Å². The average Bonchev–Trinajstić information content (AvgIpc) is 3.40. The summed E-state index contributed by atoms with van der Waals surface area (Å²) in [6, 6.07) is 11.9. The van der Waals surface area contributed by atoms with E-state index in [1.54, 1.807) is 23.3 Å². The van der Waals surface area contributed by atoms with Crippen LogP contribution >= 0.6 is 11.3 Å². The second kappa shape index (κ2) is 8.28. The fraction of sp³-hybridized carbons (Fsp3) is 0.440. The number of hydrogen-bond donors (Lipinski definition) is 1. The summed E-state index contributed by atoms with van der Waals surface area (Å²) in [5.41, 5.74) is 1.68. The molecule has 32 heavy (non-hydrogen) atoms. The van der Waals surface area contributed by atoms with Crippen molar-refractivity contribution in [2.45, 2.75) is 63.7 Å². The summed E-state index contributed by atoms with van der Waals surface area (Å²) in [6.45, 7) is 2.73. The highest BCUT2D eigenvalue weighted by Crippen LogP contribution is 2.35. The van der Waals surface area contributed by atoms with Crippen molar-refractivity contribution >= 4 is 33.4 Å². The molecule has 0 unspecified atom stereocenters. The Kier molecular flexibility index (Phi) is 5.45. The minimum atomic E-state index is -0.977. The largest absolute Gasteiger partial charge is 0.497 e. The van der Waals surface area contributed by atoms with Crippen LogP contribution in [0.1, 0.15) is 55.1 Å². The van der Waals surface area contributed by atoms with Gasteiger partial charge in [-0.15, -0.1) is 11.3 Å². The Morgan fingerprint density at radius 2 is 1.94 bits per heavy atom. The number of carbonyl (C=O) groups is 2. The molecule has 1 fully saturated rings. The zero-order valence-electron chi connectivity index (χ0n) is 18.6. The van der Waals surface area contributed by atoms with Crippen LogP contribution in [-0.4, -0.2) is 40.0 Å². The number of benzene rings is 1. The minimum Gasteiger partial charge on any atom is -0.497 e. The lowest BCUT2D eigenvalue weighted by molar-refractivity contribution is -0.134. The van der Waals surface area contributed by atoms with Gasteiger partial charge in [-0.05, 0) is 55.0 Å². The third kappa shape index (κ3) is 3.58. The van der Waals surface area contributed by atoms with Gasteiger partial charge in [-0.1, -0.05) is 31.4 Å². The molecule has 0 saturated heterocycles. The van der Waals surface area contributed by atoms with Crippen LogP contribution in [-0.2, 0) is 17.9 Å². The number of ether oxygens (including phenoxy) is 1. The monoisotopic (exact) mass is 451 g/mol. The van der Waals surface area contributed by atoms with Crippen molar-refractivity contribution in [2.75, 3.05) is 7.11 Å². The van der Waals surface area contributed by atoms with E-state index in [1.807, 2.05) is 53.3 Å². The molecule has 1 N–H and O–H groups in total. The first kappa shape index (κ1) is 21.1. The Hall–Kier alpha value is -2.80. The SMILES string of the molecule is COc1ccc(CN2C(=O)c3cc4sccc4n3C[C@]2(C)C(=O)NC2CCCCC2)cc1. The molecule has 0 spiro atoms. The molecule has 1 aliphatic heterocycles. The number of thiophene rings is 1. The van der Waals surface area contributed by atoms with Crippen LogP contribution in [0.5, 0.6) is 5.75 Å². The normalized spacial score (nSPS) is 21.6. The molecule has 168 valence electrons. The Bertz CT molecular complexity index is 1140. The van der Waals surface area contributed by atoms with E-state index in [1.165, 1.54) is 6.42 Å². The van der Waals surface area contributed by atoms with Crippen LogP contribution in [0.4, 0.5) is 0 Å². The second-order valence-corrected chi connectivity index (χ2v) is 10.1. The summed E-state index contributed by atoms with van der Waals surface area (Å²) < 4.78 is 8.37. The Morgan fingerprint density at radius 3 is 2.66 bits per heavy atom. The van der Waals surface area contributed by atoms with Crippen LogP contribution in [0.15, 0.2) is 41.8 Å². The van der Waals surface area contributed by atoms with Crippen LogP contribution in [0.2, 0.25) is 0 Å². The lowest BCUT2D eigenvalue weighted by Gasteiger charge is -2.45. The fourth-order valence-corrected chi connectivity index (χ4v) is 5.84. The van der Waals surface area contributed by atoms with Crippen molar-refractivity contribution in [1.29, 1.82) is 0 Å². The van der Waals surface area contributed by atoms with E-state index < -0.39 is 5.54 Å². The van der Waals surface area contributed by atoms with Gasteiger partial charge in [-0.25, -0.2) is 0 Å². The molecular weight excluding hydrogens is 422 g/mol. The Labute approximate surface area is 192 Å². The quantitative estimate of drug-likeness (QED) is 0.618. The number of fused-ring (bicyclic) bond motifs is 3. The lowest BCUT2D eigenvalue weighted by Crippen LogP contribution is -2.64. The van der Waals surface area contributed by atoms with Crippen LogP contribution in [0.25, 0.3) is 10.2 Å². The van der Waals surface area contributed by atoms with Crippen LogP contribution in [0, 0.1) is 0 Å². The van der Waals surface area contributed by atoms with Gasteiger partial charge < -0.3 is 19.5 Å². The zero-order chi connectivity index (χ0) is 22.3. The molecule has 5 rings (SSSR count). The fourth-order valence-electron chi connectivity index (χ4n) is 5.02. The van der Waals surface area contributed by atoms with Gasteiger partial charge in [0.2, 0.25) is 5.91 Å². The third-order valence-electron chi connectivity index (χ3n) is 6.98. The first-order chi connectivity index (χ1) is 15.5. The number of rotatable bonds is 5. The number of nitrogens with zero attached hydrogens (tertiary/aromatic N) is 2. The first-order valence-corrected chi connectivity index (χ1v) is 12.2. The molecule has 2 aromatic heterocycles. The van der Waals surface area contributed by atoms with E-state index in [2.05, 4.69) is 5.32 Å². The van der Waals surface area contributed by atoms with Crippen molar-refractivity contribution < 1.29 is 14.3 Å². The number of hydrogen-bond acceptors (Lipinski definition) is 4. The van der Waals surface area contributed by atoms with Crippen molar-refractivity contribution in [1.82, 2.24) is 14.8 Å². The van der Waals surface area contributed by atoms with Crippen LogP contribution in [0.3, 0.4) is 0 Å². The lowest BCUT2D eigenvalue weighted by atomic mass is 9.91. The standard InChI is InChI=1S/C25H29N3O3S/c1-25(24(30)26-18-6-4-3-5-7-18)16-27-20-12-13-32-22(20)14-21(27)23(29)28(25)15-17-8-10-19(31-2)11-9-17/h8-14,18H,3-7,15-16H2,1-2H3,(H,26,30)/t25-/m1/s1. The van der Waals surface area contributed by atoms with E-state index in [4.69, 9.17) is 4.74 Å². The molecule has 3 heterocycles. The molecule has 7 heteroatoms. The molecule has 6 nitrogen and oxygen atoms in total. The van der Waals surface area contributed by atoms with Crippen molar-refractivity contribution in [3.05, 3.63) is 53.0 Å². The average molecular weight is 452 g/mol. The zero-order valence-corrected chi connectivity index (χ0v) is 19.4. The smallest absolute Gasteiger partial charge is 0.271 e.